The van der Waals surface area contributed by atoms with E-state index in [0.29, 0.717) is 0 Å². The van der Waals surface area contributed by atoms with Gasteiger partial charge in [-0.15, -0.1) is 0 Å². The quantitative estimate of drug-likeness (QED) is 0.669. The van der Waals surface area contributed by atoms with Crippen LogP contribution in [0, 0.1) is 0 Å². The lowest BCUT2D eigenvalue weighted by Crippen LogP contribution is -2.06. The molecule has 78 valence electrons. The van der Waals surface area contributed by atoms with Crippen LogP contribution in [0.25, 0.3) is 5.57 Å². The molecule has 0 spiro atoms. The summed E-state index contributed by atoms with van der Waals surface area (Å²) in [6, 6.07) is 10.3. The van der Waals surface area contributed by atoms with Gasteiger partial charge in [-0.25, -0.2) is 0 Å². The first-order chi connectivity index (χ1) is 7.15. The van der Waals surface area contributed by atoms with Crippen LogP contribution in [0.5, 0.6) is 0 Å². The standard InChI is InChI=1S/C14H17N/c1-5-15(4)13(3)11-12(2)14-9-7-6-8-10-14/h5-11H,1,3H2,2,4H3/b12-11-. The van der Waals surface area contributed by atoms with E-state index in [-0.39, 0.29) is 0 Å². The van der Waals surface area contributed by atoms with Crippen LogP contribution in [0.1, 0.15) is 12.5 Å². The van der Waals surface area contributed by atoms with Gasteiger partial charge in [0.2, 0.25) is 0 Å². The first kappa shape index (κ1) is 11.3. The molecule has 0 amide bonds. The molecule has 1 rings (SSSR count). The van der Waals surface area contributed by atoms with Crippen molar-refractivity contribution in [2.45, 2.75) is 6.92 Å². The SMILES string of the molecule is C=CN(C)C(=C)/C=C(/C)c1ccccc1. The molecule has 0 heterocycles. The highest BCUT2D eigenvalue weighted by atomic mass is 15.1. The Labute approximate surface area is 92.0 Å². The van der Waals surface area contributed by atoms with Gasteiger partial charge >= 0.3 is 0 Å². The van der Waals surface area contributed by atoms with Crippen molar-refractivity contribution in [1.29, 1.82) is 0 Å². The highest BCUT2D eigenvalue weighted by molar-refractivity contribution is 5.65. The van der Waals surface area contributed by atoms with Gasteiger partial charge in [-0.1, -0.05) is 43.5 Å². The molecule has 0 unspecified atom stereocenters. The summed E-state index contributed by atoms with van der Waals surface area (Å²) >= 11 is 0. The summed E-state index contributed by atoms with van der Waals surface area (Å²) in [5.74, 6) is 0. The van der Waals surface area contributed by atoms with Crippen molar-refractivity contribution in [3.63, 3.8) is 0 Å². The zero-order valence-electron chi connectivity index (χ0n) is 9.40. The minimum Gasteiger partial charge on any atom is -0.352 e. The lowest BCUT2D eigenvalue weighted by molar-refractivity contribution is 0.594. The van der Waals surface area contributed by atoms with E-state index < -0.39 is 0 Å². The lowest BCUT2D eigenvalue weighted by Gasteiger charge is -2.14. The molecule has 0 bridgehead atoms. The summed E-state index contributed by atoms with van der Waals surface area (Å²) < 4.78 is 0. The summed E-state index contributed by atoms with van der Waals surface area (Å²) in [5, 5.41) is 0. The molecule has 0 aliphatic rings. The topological polar surface area (TPSA) is 3.24 Å². The molecule has 1 nitrogen and oxygen atoms in total. The highest BCUT2D eigenvalue weighted by Gasteiger charge is 1.97. The normalized spacial score (nSPS) is 10.9. The smallest absolute Gasteiger partial charge is 0.0333 e. The molecule has 0 saturated heterocycles. The van der Waals surface area contributed by atoms with Crippen molar-refractivity contribution in [2.24, 2.45) is 0 Å². The molecule has 1 heteroatoms. The maximum atomic E-state index is 3.97. The second kappa shape index (κ2) is 5.20. The summed E-state index contributed by atoms with van der Waals surface area (Å²) in [6.07, 6.45) is 3.80. The summed E-state index contributed by atoms with van der Waals surface area (Å²) in [4.78, 5) is 1.90. The lowest BCUT2D eigenvalue weighted by atomic mass is 10.1. The molecule has 0 aliphatic carbocycles. The number of nitrogens with zero attached hydrogens (tertiary/aromatic N) is 1. The van der Waals surface area contributed by atoms with Gasteiger partial charge < -0.3 is 4.90 Å². The number of likely N-dealkylation sites (N-methyl/N-ethyl adjacent to an activating group) is 1. The first-order valence-corrected chi connectivity index (χ1v) is 4.93. The Bertz CT molecular complexity index is 374. The molecule has 15 heavy (non-hydrogen) atoms. The Balaban J connectivity index is 2.85. The summed E-state index contributed by atoms with van der Waals surface area (Å²) in [6.45, 7) is 9.75. The fraction of sp³-hybridized carbons (Fsp3) is 0.143. The van der Waals surface area contributed by atoms with Gasteiger partial charge in [-0.3, -0.25) is 0 Å². The van der Waals surface area contributed by atoms with Gasteiger partial charge in [0.25, 0.3) is 0 Å². The van der Waals surface area contributed by atoms with Crippen molar-refractivity contribution in [1.82, 2.24) is 4.90 Å². The largest absolute Gasteiger partial charge is 0.352 e. The van der Waals surface area contributed by atoms with Crippen LogP contribution >= 0.6 is 0 Å². The van der Waals surface area contributed by atoms with E-state index in [0.717, 1.165) is 5.70 Å². The Morgan fingerprint density at radius 2 is 1.87 bits per heavy atom. The van der Waals surface area contributed by atoms with E-state index in [1.165, 1.54) is 11.1 Å². The molecule has 0 N–H and O–H groups in total. The van der Waals surface area contributed by atoms with Gasteiger partial charge in [-0.05, 0) is 30.3 Å². The molecule has 0 fully saturated rings. The van der Waals surface area contributed by atoms with Gasteiger partial charge in [-0.2, -0.15) is 0 Å². The minimum atomic E-state index is 0.936. The van der Waals surface area contributed by atoms with Crippen LogP contribution in [0.4, 0.5) is 0 Å². The molecule has 0 aliphatic heterocycles. The Morgan fingerprint density at radius 3 is 2.40 bits per heavy atom. The van der Waals surface area contributed by atoms with Crippen molar-refractivity contribution in [3.8, 4) is 0 Å². The minimum absolute atomic E-state index is 0.936. The third kappa shape index (κ3) is 3.13. The van der Waals surface area contributed by atoms with E-state index in [2.05, 4.69) is 38.3 Å². The van der Waals surface area contributed by atoms with Gasteiger partial charge in [0.15, 0.2) is 0 Å². The average Bonchev–Trinajstić information content (AvgIpc) is 2.29. The van der Waals surface area contributed by atoms with Gasteiger partial charge in [0.05, 0.1) is 0 Å². The van der Waals surface area contributed by atoms with E-state index in [1.807, 2.05) is 30.1 Å². The van der Waals surface area contributed by atoms with Crippen LogP contribution in [0.15, 0.2) is 61.5 Å². The van der Waals surface area contributed by atoms with Crippen LogP contribution < -0.4 is 0 Å². The average molecular weight is 199 g/mol. The van der Waals surface area contributed by atoms with Crippen LogP contribution in [0.3, 0.4) is 0 Å². The molecule has 0 atom stereocenters. The third-order valence-electron chi connectivity index (χ3n) is 2.34. The maximum absolute atomic E-state index is 3.97. The number of rotatable bonds is 4. The Morgan fingerprint density at radius 1 is 1.27 bits per heavy atom. The number of hydrogen-bond donors (Lipinski definition) is 0. The van der Waals surface area contributed by atoms with E-state index >= 15 is 0 Å². The van der Waals surface area contributed by atoms with Crippen LogP contribution in [-0.4, -0.2) is 11.9 Å². The zero-order chi connectivity index (χ0) is 11.3. The molecule has 0 saturated carbocycles. The zero-order valence-corrected chi connectivity index (χ0v) is 9.40. The fourth-order valence-electron chi connectivity index (χ4n) is 1.25. The fourth-order valence-corrected chi connectivity index (χ4v) is 1.25. The van der Waals surface area contributed by atoms with E-state index in [9.17, 15) is 0 Å². The molecule has 1 aromatic rings. The second-order valence-corrected chi connectivity index (χ2v) is 3.48. The molecule has 0 aromatic heterocycles. The van der Waals surface area contributed by atoms with Crippen molar-refractivity contribution in [2.75, 3.05) is 7.05 Å². The van der Waals surface area contributed by atoms with Crippen LogP contribution in [-0.2, 0) is 0 Å². The molecule has 1 aromatic carbocycles. The molecule has 0 radical (unpaired) electrons. The second-order valence-electron chi connectivity index (χ2n) is 3.48. The van der Waals surface area contributed by atoms with E-state index in [1.54, 1.807) is 6.20 Å². The van der Waals surface area contributed by atoms with Crippen LogP contribution in [0.2, 0.25) is 0 Å². The highest BCUT2D eigenvalue weighted by Crippen LogP contribution is 2.15. The van der Waals surface area contributed by atoms with Gasteiger partial charge in [0, 0.05) is 12.7 Å². The predicted molar refractivity (Wildman–Crippen MR) is 67.2 cm³/mol. The Kier molecular flexibility index (Phi) is 3.92. The summed E-state index contributed by atoms with van der Waals surface area (Å²) in [7, 11) is 1.93. The van der Waals surface area contributed by atoms with Gasteiger partial charge in [0.1, 0.15) is 0 Å². The predicted octanol–water partition coefficient (Wildman–Crippen LogP) is 3.68. The van der Waals surface area contributed by atoms with E-state index in [4.69, 9.17) is 0 Å². The number of benzene rings is 1. The number of hydrogen-bond acceptors (Lipinski definition) is 1. The number of allylic oxidation sites excluding steroid dienone is 2. The summed E-state index contributed by atoms with van der Waals surface area (Å²) in [5.41, 5.74) is 3.36. The van der Waals surface area contributed by atoms with Crippen molar-refractivity contribution >= 4 is 5.57 Å². The third-order valence-corrected chi connectivity index (χ3v) is 2.34. The maximum Gasteiger partial charge on any atom is 0.0333 e. The molecular formula is C14H17N. The van der Waals surface area contributed by atoms with Crippen molar-refractivity contribution < 1.29 is 0 Å². The van der Waals surface area contributed by atoms with Crippen molar-refractivity contribution in [3.05, 3.63) is 67.0 Å². The molecular weight excluding hydrogens is 182 g/mol. The first-order valence-electron chi connectivity index (χ1n) is 4.93. The monoisotopic (exact) mass is 199 g/mol. The Hall–Kier alpha value is -1.76.